The summed E-state index contributed by atoms with van der Waals surface area (Å²) < 4.78 is 31.5. The monoisotopic (exact) mass is 571 g/mol. The molecule has 214 valence electrons. The van der Waals surface area contributed by atoms with Crippen molar-refractivity contribution in [2.45, 2.75) is 68.0 Å². The number of primary amides is 1. The highest BCUT2D eigenvalue weighted by atomic mass is 32.2. The molecule has 8 nitrogen and oxygen atoms in total. The lowest BCUT2D eigenvalue weighted by Gasteiger charge is -2.40. The van der Waals surface area contributed by atoms with Crippen LogP contribution in [0.4, 0.5) is 0 Å². The van der Waals surface area contributed by atoms with Gasteiger partial charge in [-0.15, -0.1) is 0 Å². The minimum absolute atomic E-state index is 0.0350. The predicted octanol–water partition coefficient (Wildman–Crippen LogP) is 4.76. The van der Waals surface area contributed by atoms with Crippen LogP contribution in [0.15, 0.2) is 83.8 Å². The Hall–Kier alpha value is -3.53. The Morgan fingerprint density at radius 3 is 2.29 bits per heavy atom. The maximum Gasteiger partial charge on any atom is 0.248 e. The van der Waals surface area contributed by atoms with E-state index in [-0.39, 0.29) is 16.4 Å². The molecule has 2 saturated heterocycles. The fourth-order valence-corrected chi connectivity index (χ4v) is 8.04. The number of aromatic nitrogens is 2. The number of rotatable bonds is 10. The van der Waals surface area contributed by atoms with E-state index in [9.17, 15) is 13.2 Å². The zero-order valence-electron chi connectivity index (χ0n) is 23.3. The summed E-state index contributed by atoms with van der Waals surface area (Å²) in [7, 11) is -3.74. The van der Waals surface area contributed by atoms with E-state index in [4.69, 9.17) is 10.7 Å². The number of nitrogens with two attached hydrogens (primary N) is 1. The average Bonchev–Trinajstić information content (AvgIpc) is 3.43. The van der Waals surface area contributed by atoms with Gasteiger partial charge in [-0.05, 0) is 93.5 Å². The molecule has 1 aromatic heterocycles. The summed E-state index contributed by atoms with van der Waals surface area (Å²) in [6.07, 6.45) is 5.49. The topological polar surface area (TPSA) is 110 Å². The molecule has 0 radical (unpaired) electrons. The van der Waals surface area contributed by atoms with Crippen LogP contribution in [-0.4, -0.2) is 53.9 Å². The largest absolute Gasteiger partial charge is 0.366 e. The van der Waals surface area contributed by atoms with Gasteiger partial charge in [-0.2, -0.15) is 0 Å². The summed E-state index contributed by atoms with van der Waals surface area (Å²) in [5, 5.41) is 0. The van der Waals surface area contributed by atoms with Crippen LogP contribution in [0.25, 0.3) is 11.0 Å². The molecule has 2 aliphatic heterocycles. The van der Waals surface area contributed by atoms with E-state index in [0.717, 1.165) is 42.7 Å². The van der Waals surface area contributed by atoms with E-state index in [1.165, 1.54) is 42.6 Å². The first-order valence-electron chi connectivity index (χ1n) is 14.4. The summed E-state index contributed by atoms with van der Waals surface area (Å²) in [5.41, 5.74) is 9.00. The summed E-state index contributed by atoms with van der Waals surface area (Å²) in [5.74, 6) is 0.537. The number of benzene rings is 3. The van der Waals surface area contributed by atoms with E-state index in [0.29, 0.717) is 24.7 Å². The minimum atomic E-state index is -3.74. The standard InChI is InChI=1S/C32H37N5O3S/c1-22-35-30-9-5-6-10-31(30)37(22)28-19-26-13-14-27(20-28)36(26)18-17-25(23-7-3-2-4-8-23)21-34-41(39,40)29-15-11-24(12-16-29)32(33)38/h2-12,15-16,25-28,34H,13-14,17-21H2,1H3,(H2,33,38). The number of sulfonamides is 1. The maximum atomic E-state index is 13.1. The number of hydrogen-bond acceptors (Lipinski definition) is 5. The fourth-order valence-electron chi connectivity index (χ4n) is 6.96. The molecule has 9 heteroatoms. The Kier molecular flexibility index (Phi) is 7.68. The minimum Gasteiger partial charge on any atom is -0.366 e. The highest BCUT2D eigenvalue weighted by Gasteiger charge is 2.41. The smallest absolute Gasteiger partial charge is 0.248 e. The van der Waals surface area contributed by atoms with Gasteiger partial charge in [0.25, 0.3) is 0 Å². The first-order chi connectivity index (χ1) is 19.8. The summed E-state index contributed by atoms with van der Waals surface area (Å²) in [6, 6.07) is 25.8. The lowest BCUT2D eigenvalue weighted by atomic mass is 9.93. The molecule has 6 rings (SSSR count). The first kappa shape index (κ1) is 27.6. The van der Waals surface area contributed by atoms with Gasteiger partial charge in [-0.3, -0.25) is 9.69 Å². The van der Waals surface area contributed by atoms with Gasteiger partial charge in [0.15, 0.2) is 0 Å². The summed E-state index contributed by atoms with van der Waals surface area (Å²) in [6.45, 7) is 3.35. The Morgan fingerprint density at radius 2 is 1.61 bits per heavy atom. The molecular weight excluding hydrogens is 534 g/mol. The molecule has 2 bridgehead atoms. The van der Waals surface area contributed by atoms with E-state index in [1.54, 1.807) is 0 Å². The predicted molar refractivity (Wildman–Crippen MR) is 160 cm³/mol. The van der Waals surface area contributed by atoms with Crippen LogP contribution in [0.2, 0.25) is 0 Å². The van der Waals surface area contributed by atoms with Gasteiger partial charge in [-0.25, -0.2) is 18.1 Å². The molecular formula is C32H37N5O3S. The van der Waals surface area contributed by atoms with Gasteiger partial charge in [0.1, 0.15) is 5.82 Å². The highest BCUT2D eigenvalue weighted by molar-refractivity contribution is 7.89. The van der Waals surface area contributed by atoms with Crippen molar-refractivity contribution in [3.8, 4) is 0 Å². The van der Waals surface area contributed by atoms with Gasteiger partial charge in [-0.1, -0.05) is 42.5 Å². The van der Waals surface area contributed by atoms with Crippen LogP contribution < -0.4 is 10.5 Å². The molecule has 2 aliphatic rings. The molecule has 0 saturated carbocycles. The zero-order chi connectivity index (χ0) is 28.6. The second-order valence-electron chi connectivity index (χ2n) is 11.4. The van der Waals surface area contributed by atoms with Crippen molar-refractivity contribution in [1.29, 1.82) is 0 Å². The number of nitrogens with one attached hydrogen (secondary N) is 1. The van der Waals surface area contributed by atoms with Crippen LogP contribution in [0, 0.1) is 6.92 Å². The van der Waals surface area contributed by atoms with Gasteiger partial charge < -0.3 is 10.3 Å². The number of aryl methyl sites for hydroxylation is 1. The maximum absolute atomic E-state index is 13.1. The van der Waals surface area contributed by atoms with Crippen LogP contribution in [0.3, 0.4) is 0 Å². The number of nitrogens with zero attached hydrogens (tertiary/aromatic N) is 3. The number of fused-ring (bicyclic) bond motifs is 3. The Morgan fingerprint density at radius 1 is 0.951 bits per heavy atom. The van der Waals surface area contributed by atoms with E-state index in [2.05, 4.69) is 51.4 Å². The number of imidazole rings is 1. The third-order valence-electron chi connectivity index (χ3n) is 8.97. The SMILES string of the molecule is Cc1nc2ccccc2n1C1CC2CCC(C1)N2CCC(CNS(=O)(=O)c1ccc(C(N)=O)cc1)c1ccccc1. The van der Waals surface area contributed by atoms with Crippen molar-refractivity contribution in [3.63, 3.8) is 0 Å². The van der Waals surface area contributed by atoms with Crippen molar-refractivity contribution in [2.24, 2.45) is 5.73 Å². The normalized spacial score (nSPS) is 21.7. The molecule has 41 heavy (non-hydrogen) atoms. The van der Waals surface area contributed by atoms with Crippen LogP contribution >= 0.6 is 0 Å². The average molecular weight is 572 g/mol. The highest BCUT2D eigenvalue weighted by Crippen LogP contribution is 2.42. The fraction of sp³-hybridized carbons (Fsp3) is 0.375. The lowest BCUT2D eigenvalue weighted by Crippen LogP contribution is -2.44. The summed E-state index contributed by atoms with van der Waals surface area (Å²) in [4.78, 5) is 19.0. The molecule has 2 fully saturated rings. The van der Waals surface area contributed by atoms with Gasteiger partial charge >= 0.3 is 0 Å². The van der Waals surface area contributed by atoms with Gasteiger partial charge in [0, 0.05) is 30.2 Å². The van der Waals surface area contributed by atoms with Gasteiger partial charge in [0.2, 0.25) is 15.9 Å². The second-order valence-corrected chi connectivity index (χ2v) is 13.2. The number of carbonyl (C=O) groups is 1. The van der Waals surface area contributed by atoms with Crippen LogP contribution in [0.1, 0.15) is 65.8 Å². The number of hydrogen-bond donors (Lipinski definition) is 2. The molecule has 3 heterocycles. The third kappa shape index (κ3) is 5.66. The lowest BCUT2D eigenvalue weighted by molar-refractivity contribution is 0.1000. The van der Waals surface area contributed by atoms with Crippen LogP contribution in [0.5, 0.6) is 0 Å². The first-order valence-corrected chi connectivity index (χ1v) is 15.9. The van der Waals surface area contributed by atoms with E-state index in [1.807, 2.05) is 24.3 Å². The number of piperidine rings is 1. The number of carbonyl (C=O) groups excluding carboxylic acids is 1. The van der Waals surface area contributed by atoms with E-state index < -0.39 is 15.9 Å². The number of amides is 1. The zero-order valence-corrected chi connectivity index (χ0v) is 24.1. The Labute approximate surface area is 241 Å². The van der Waals surface area contributed by atoms with E-state index >= 15 is 0 Å². The third-order valence-corrected chi connectivity index (χ3v) is 10.4. The molecule has 3 N–H and O–H groups in total. The van der Waals surface area contributed by atoms with Crippen molar-refractivity contribution < 1.29 is 13.2 Å². The van der Waals surface area contributed by atoms with Crippen molar-refractivity contribution in [1.82, 2.24) is 19.2 Å². The summed E-state index contributed by atoms with van der Waals surface area (Å²) >= 11 is 0. The molecule has 3 aromatic carbocycles. The molecule has 0 aliphatic carbocycles. The van der Waals surface area contributed by atoms with Gasteiger partial charge in [0.05, 0.1) is 15.9 Å². The molecule has 0 spiro atoms. The molecule has 3 atom stereocenters. The van der Waals surface area contributed by atoms with Crippen LogP contribution in [-0.2, 0) is 10.0 Å². The van der Waals surface area contributed by atoms with Crippen molar-refractivity contribution in [2.75, 3.05) is 13.1 Å². The van der Waals surface area contributed by atoms with Crippen molar-refractivity contribution in [3.05, 3.63) is 95.8 Å². The Bertz CT molecular complexity index is 1620. The number of para-hydroxylation sites is 2. The second kappa shape index (κ2) is 11.4. The molecule has 1 amide bonds. The van der Waals surface area contributed by atoms with Crippen molar-refractivity contribution >= 4 is 27.0 Å². The molecule has 3 unspecified atom stereocenters. The quantitative estimate of drug-likeness (QED) is 0.285. The Balaban J connectivity index is 1.14. The molecule has 4 aromatic rings.